The van der Waals surface area contributed by atoms with Gasteiger partial charge in [-0.2, -0.15) is 0 Å². The minimum Gasteiger partial charge on any atom is -0.507 e. The van der Waals surface area contributed by atoms with Gasteiger partial charge in [0, 0.05) is 13.0 Å². The Kier molecular flexibility index (Phi) is 5.86. The van der Waals surface area contributed by atoms with Gasteiger partial charge in [0.05, 0.1) is 17.2 Å². The first-order chi connectivity index (χ1) is 14.6. The first-order valence-corrected chi connectivity index (χ1v) is 10.4. The summed E-state index contributed by atoms with van der Waals surface area (Å²) in [7, 11) is 1.74. The molecule has 2 N–H and O–H groups in total. The third kappa shape index (κ3) is 3.71. The molecule has 0 aromatic heterocycles. The number of unbranched alkanes of at least 4 members (excludes halogenated alkanes) is 1. The van der Waals surface area contributed by atoms with Crippen molar-refractivity contribution in [2.75, 3.05) is 7.11 Å². The Morgan fingerprint density at radius 1 is 0.833 bits per heavy atom. The van der Waals surface area contributed by atoms with Crippen LogP contribution in [0.3, 0.4) is 0 Å². The quantitative estimate of drug-likeness (QED) is 0.496. The van der Waals surface area contributed by atoms with Gasteiger partial charge in [0.25, 0.3) is 0 Å². The number of hydrogen-bond donors (Lipinski definition) is 2. The van der Waals surface area contributed by atoms with Gasteiger partial charge in [0.1, 0.15) is 11.5 Å². The molecule has 0 spiro atoms. The predicted octanol–water partition coefficient (Wildman–Crippen LogP) is 5.72. The van der Waals surface area contributed by atoms with Gasteiger partial charge in [-0.25, -0.2) is 0 Å². The number of carbonyl (C=O) groups excluding carboxylic acids is 1. The maximum absolute atomic E-state index is 13.0. The minimum atomic E-state index is -0.309. The maximum Gasteiger partial charge on any atom is 0.201 e. The van der Waals surface area contributed by atoms with Gasteiger partial charge in [0.15, 0.2) is 0 Å². The summed E-state index contributed by atoms with van der Waals surface area (Å²) >= 11 is 0. The molecular weight excluding hydrogens is 376 g/mol. The van der Waals surface area contributed by atoms with E-state index in [4.69, 9.17) is 4.74 Å². The molecular formula is C26H26O4. The number of aromatic hydroxyl groups is 2. The molecule has 0 heterocycles. The Hall–Kier alpha value is -3.11. The van der Waals surface area contributed by atoms with Crippen LogP contribution in [-0.4, -0.2) is 23.1 Å². The van der Waals surface area contributed by atoms with E-state index in [0.717, 1.165) is 36.8 Å². The van der Waals surface area contributed by atoms with E-state index in [1.807, 2.05) is 30.3 Å². The van der Waals surface area contributed by atoms with Crippen LogP contribution in [0.1, 0.15) is 70.3 Å². The Morgan fingerprint density at radius 2 is 1.43 bits per heavy atom. The highest BCUT2D eigenvalue weighted by atomic mass is 16.5. The van der Waals surface area contributed by atoms with Gasteiger partial charge < -0.3 is 14.9 Å². The summed E-state index contributed by atoms with van der Waals surface area (Å²) in [5, 5.41) is 20.7. The molecule has 3 aromatic carbocycles. The van der Waals surface area contributed by atoms with E-state index in [-0.39, 0.29) is 29.3 Å². The molecule has 4 nitrogen and oxygen atoms in total. The summed E-state index contributed by atoms with van der Waals surface area (Å²) in [5.74, 6) is -0.402. The van der Waals surface area contributed by atoms with Gasteiger partial charge in [-0.15, -0.1) is 0 Å². The van der Waals surface area contributed by atoms with E-state index in [2.05, 4.69) is 12.1 Å². The minimum absolute atomic E-state index is 0.0278. The van der Waals surface area contributed by atoms with Crippen LogP contribution in [0.15, 0.2) is 66.7 Å². The van der Waals surface area contributed by atoms with E-state index in [9.17, 15) is 15.0 Å². The third-order valence-corrected chi connectivity index (χ3v) is 6.02. The number of rotatable bonds is 7. The zero-order chi connectivity index (χ0) is 21.1. The van der Waals surface area contributed by atoms with Crippen LogP contribution < -0.4 is 0 Å². The number of fused-ring (bicyclic) bond motifs is 2. The molecule has 0 amide bonds. The Morgan fingerprint density at radius 3 is 2.00 bits per heavy atom. The normalized spacial score (nSPS) is 14.2. The van der Waals surface area contributed by atoms with Crippen LogP contribution in [0.25, 0.3) is 0 Å². The highest BCUT2D eigenvalue weighted by Crippen LogP contribution is 2.45. The average Bonchev–Trinajstić information content (AvgIpc) is 2.76. The molecule has 1 aliphatic carbocycles. The molecule has 4 heteroatoms. The number of phenols is 2. The van der Waals surface area contributed by atoms with Crippen LogP contribution in [0.5, 0.6) is 11.5 Å². The van der Waals surface area contributed by atoms with Crippen molar-refractivity contribution in [3.05, 3.63) is 94.5 Å². The summed E-state index contributed by atoms with van der Waals surface area (Å²) in [6.07, 6.45) is 3.71. The summed E-state index contributed by atoms with van der Waals surface area (Å²) in [5.41, 5.74) is 3.48. The molecule has 1 unspecified atom stereocenters. The molecule has 0 fully saturated rings. The zero-order valence-electron chi connectivity index (χ0n) is 17.0. The molecule has 0 saturated carbocycles. The van der Waals surface area contributed by atoms with E-state index < -0.39 is 0 Å². The number of benzene rings is 3. The zero-order valence-corrected chi connectivity index (χ0v) is 17.0. The number of ketones is 1. The Bertz CT molecular complexity index is 987. The van der Waals surface area contributed by atoms with Gasteiger partial charge in [-0.05, 0) is 41.7 Å². The third-order valence-electron chi connectivity index (χ3n) is 6.02. The SMILES string of the molecule is COC(CCCCC1c2cccc(O)c2C(=O)c2c(O)cccc21)c1ccccc1. The highest BCUT2D eigenvalue weighted by molar-refractivity contribution is 6.15. The fraction of sp³-hybridized carbons (Fsp3) is 0.269. The number of ether oxygens (including phenoxy) is 1. The van der Waals surface area contributed by atoms with Crippen molar-refractivity contribution in [2.45, 2.75) is 37.7 Å². The van der Waals surface area contributed by atoms with Crippen LogP contribution in [0.2, 0.25) is 0 Å². The van der Waals surface area contributed by atoms with E-state index in [0.29, 0.717) is 11.1 Å². The second kappa shape index (κ2) is 8.72. The van der Waals surface area contributed by atoms with E-state index in [1.54, 1.807) is 19.2 Å². The lowest BCUT2D eigenvalue weighted by Crippen LogP contribution is -2.20. The topological polar surface area (TPSA) is 66.8 Å². The second-order valence-electron chi connectivity index (χ2n) is 7.78. The molecule has 4 rings (SSSR count). The van der Waals surface area contributed by atoms with Gasteiger partial charge in [0.2, 0.25) is 5.78 Å². The van der Waals surface area contributed by atoms with Crippen molar-refractivity contribution >= 4 is 5.78 Å². The van der Waals surface area contributed by atoms with Crippen LogP contribution >= 0.6 is 0 Å². The number of methoxy groups -OCH3 is 1. The first-order valence-electron chi connectivity index (χ1n) is 10.4. The molecule has 1 aliphatic rings. The number of hydrogen-bond acceptors (Lipinski definition) is 4. The number of carbonyl (C=O) groups is 1. The predicted molar refractivity (Wildman–Crippen MR) is 116 cm³/mol. The van der Waals surface area contributed by atoms with E-state index >= 15 is 0 Å². The molecule has 1 atom stereocenters. The summed E-state index contributed by atoms with van der Waals surface area (Å²) < 4.78 is 5.68. The first kappa shape index (κ1) is 20.2. The average molecular weight is 402 g/mol. The van der Waals surface area contributed by atoms with Crippen LogP contribution in [-0.2, 0) is 4.74 Å². The smallest absolute Gasteiger partial charge is 0.201 e. The molecule has 3 aromatic rings. The van der Waals surface area contributed by atoms with Crippen molar-refractivity contribution in [3.63, 3.8) is 0 Å². The highest BCUT2D eigenvalue weighted by Gasteiger charge is 2.34. The lowest BCUT2D eigenvalue weighted by molar-refractivity contribution is 0.0930. The van der Waals surface area contributed by atoms with Crippen molar-refractivity contribution in [2.24, 2.45) is 0 Å². The maximum atomic E-state index is 13.0. The second-order valence-corrected chi connectivity index (χ2v) is 7.78. The van der Waals surface area contributed by atoms with Crippen LogP contribution in [0.4, 0.5) is 0 Å². The van der Waals surface area contributed by atoms with Crippen molar-refractivity contribution in [3.8, 4) is 11.5 Å². The Labute approximate surface area is 176 Å². The molecule has 30 heavy (non-hydrogen) atoms. The number of phenolic OH excluding ortho intramolecular Hbond substituents is 2. The molecule has 0 aliphatic heterocycles. The van der Waals surface area contributed by atoms with Crippen molar-refractivity contribution < 1.29 is 19.7 Å². The molecule has 0 bridgehead atoms. The summed E-state index contributed by atoms with van der Waals surface area (Å²) in [6.45, 7) is 0. The van der Waals surface area contributed by atoms with Gasteiger partial charge >= 0.3 is 0 Å². The van der Waals surface area contributed by atoms with Crippen LogP contribution in [0, 0.1) is 0 Å². The lowest BCUT2D eigenvalue weighted by Gasteiger charge is -2.28. The fourth-order valence-corrected chi connectivity index (χ4v) is 4.56. The molecule has 0 radical (unpaired) electrons. The molecule has 154 valence electrons. The summed E-state index contributed by atoms with van der Waals surface area (Å²) in [4.78, 5) is 13.0. The standard InChI is InChI=1S/C26H26O4/c1-30-23(17-9-3-2-4-10-17)16-6-5-11-18-19-12-7-14-21(27)24(19)26(29)25-20(18)13-8-15-22(25)28/h2-4,7-10,12-15,18,23,27-28H,5-6,11,16H2,1H3. The fourth-order valence-electron chi connectivity index (χ4n) is 4.56. The van der Waals surface area contributed by atoms with Crippen molar-refractivity contribution in [1.29, 1.82) is 0 Å². The molecule has 0 saturated heterocycles. The summed E-state index contributed by atoms with van der Waals surface area (Å²) in [6, 6.07) is 20.6. The Balaban J connectivity index is 1.53. The largest absolute Gasteiger partial charge is 0.507 e. The van der Waals surface area contributed by atoms with Crippen molar-refractivity contribution in [1.82, 2.24) is 0 Å². The monoisotopic (exact) mass is 402 g/mol. The van der Waals surface area contributed by atoms with Gasteiger partial charge in [-0.1, -0.05) is 67.4 Å². The lowest BCUT2D eigenvalue weighted by atomic mass is 9.74. The van der Waals surface area contributed by atoms with E-state index in [1.165, 1.54) is 17.7 Å². The van der Waals surface area contributed by atoms with Gasteiger partial charge in [-0.3, -0.25) is 4.79 Å².